The second-order valence-electron chi connectivity index (χ2n) is 7.59. The van der Waals surface area contributed by atoms with Crippen molar-refractivity contribution in [3.05, 3.63) is 94.3 Å². The first kappa shape index (κ1) is 23.3. The first-order chi connectivity index (χ1) is 16.5. The molecule has 0 fully saturated rings. The van der Waals surface area contributed by atoms with Crippen molar-refractivity contribution in [3.8, 4) is 11.4 Å². The predicted molar refractivity (Wildman–Crippen MR) is 136 cm³/mol. The molecule has 8 heteroatoms. The number of hydrogen-bond donors (Lipinski definition) is 1. The van der Waals surface area contributed by atoms with Gasteiger partial charge in [-0.25, -0.2) is 10.4 Å². The van der Waals surface area contributed by atoms with E-state index in [9.17, 15) is 9.59 Å². The van der Waals surface area contributed by atoms with Gasteiger partial charge < -0.3 is 4.74 Å². The quantitative estimate of drug-likeness (QED) is 0.187. The highest BCUT2D eigenvalue weighted by atomic mass is 32.2. The van der Waals surface area contributed by atoms with E-state index in [0.29, 0.717) is 21.8 Å². The fourth-order valence-corrected chi connectivity index (χ4v) is 4.24. The minimum absolute atomic E-state index is 0.0516. The number of methoxy groups -OCH3 is 1. The predicted octanol–water partition coefficient (Wildman–Crippen LogP) is 4.34. The van der Waals surface area contributed by atoms with Gasteiger partial charge in [0, 0.05) is 0 Å². The number of benzene rings is 3. The second kappa shape index (κ2) is 10.4. The summed E-state index contributed by atoms with van der Waals surface area (Å²) in [7, 11) is 1.61. The summed E-state index contributed by atoms with van der Waals surface area (Å²) in [6.07, 6.45) is 0. The highest BCUT2D eigenvalue weighted by Crippen LogP contribution is 2.23. The van der Waals surface area contributed by atoms with Crippen LogP contribution in [-0.4, -0.2) is 34.0 Å². The number of nitrogens with one attached hydrogen (secondary N) is 1. The summed E-state index contributed by atoms with van der Waals surface area (Å²) in [4.78, 5) is 30.6. The van der Waals surface area contributed by atoms with Crippen LogP contribution in [0.2, 0.25) is 0 Å². The molecule has 0 spiro atoms. The van der Waals surface area contributed by atoms with Crippen molar-refractivity contribution < 1.29 is 9.53 Å². The van der Waals surface area contributed by atoms with Crippen LogP contribution >= 0.6 is 11.8 Å². The molecule has 1 N–H and O–H groups in total. The molecular weight excluding hydrogens is 448 g/mol. The third-order valence-corrected chi connectivity index (χ3v) is 6.23. The summed E-state index contributed by atoms with van der Waals surface area (Å²) in [5.74, 6) is 0.506. The highest BCUT2D eigenvalue weighted by Gasteiger charge is 2.16. The Labute approximate surface area is 201 Å². The zero-order chi connectivity index (χ0) is 24.1. The Balaban J connectivity index is 1.57. The van der Waals surface area contributed by atoms with Gasteiger partial charge in [-0.3, -0.25) is 14.2 Å². The van der Waals surface area contributed by atoms with E-state index in [1.807, 2.05) is 74.5 Å². The maximum absolute atomic E-state index is 13.3. The summed E-state index contributed by atoms with van der Waals surface area (Å²) >= 11 is 1.19. The zero-order valence-electron chi connectivity index (χ0n) is 19.1. The normalized spacial score (nSPS) is 11.4. The molecule has 34 heavy (non-hydrogen) atoms. The highest BCUT2D eigenvalue weighted by molar-refractivity contribution is 7.99. The lowest BCUT2D eigenvalue weighted by atomic mass is 10.1. The van der Waals surface area contributed by atoms with Gasteiger partial charge in [-0.1, -0.05) is 42.1 Å². The summed E-state index contributed by atoms with van der Waals surface area (Å²) in [6, 6.07) is 22.2. The molecule has 0 bridgehead atoms. The van der Waals surface area contributed by atoms with Crippen LogP contribution in [-0.2, 0) is 4.79 Å². The third kappa shape index (κ3) is 5.02. The van der Waals surface area contributed by atoms with Crippen LogP contribution in [0.1, 0.15) is 18.1 Å². The molecular formula is C26H24N4O3S. The molecule has 4 rings (SSSR count). The van der Waals surface area contributed by atoms with Crippen LogP contribution in [0.4, 0.5) is 0 Å². The van der Waals surface area contributed by atoms with E-state index in [0.717, 1.165) is 22.6 Å². The van der Waals surface area contributed by atoms with Gasteiger partial charge in [-0.15, -0.1) is 0 Å². The monoisotopic (exact) mass is 472 g/mol. The molecule has 0 aliphatic rings. The third-order valence-electron chi connectivity index (χ3n) is 5.29. The number of carbonyl (C=O) groups is 1. The first-order valence-corrected chi connectivity index (χ1v) is 11.6. The van der Waals surface area contributed by atoms with Gasteiger partial charge in [0.15, 0.2) is 5.16 Å². The number of para-hydroxylation sites is 2. The molecule has 0 saturated carbocycles. The Bertz CT molecular complexity index is 1430. The molecule has 0 unspecified atom stereocenters. The largest absolute Gasteiger partial charge is 0.497 e. The summed E-state index contributed by atoms with van der Waals surface area (Å²) in [6.45, 7) is 3.75. The lowest BCUT2D eigenvalue weighted by Gasteiger charge is -2.14. The Morgan fingerprint density at radius 1 is 1.06 bits per heavy atom. The Kier molecular flexibility index (Phi) is 7.08. The SMILES string of the molecule is COc1ccc(/C(C)=N\NC(=O)CSc2nc3ccccc3c(=O)n2-c2ccccc2C)cc1. The molecule has 1 amide bonds. The number of thioether (sulfide) groups is 1. The number of rotatable bonds is 7. The van der Waals surface area contributed by atoms with E-state index < -0.39 is 0 Å². The molecule has 3 aromatic carbocycles. The Hall–Kier alpha value is -3.91. The summed E-state index contributed by atoms with van der Waals surface area (Å²) in [5.41, 5.74) is 6.22. The smallest absolute Gasteiger partial charge is 0.266 e. The number of hydrogen-bond acceptors (Lipinski definition) is 6. The van der Waals surface area contributed by atoms with Crippen LogP contribution < -0.4 is 15.7 Å². The molecule has 0 radical (unpaired) electrons. The van der Waals surface area contributed by atoms with E-state index in [-0.39, 0.29) is 17.2 Å². The van der Waals surface area contributed by atoms with E-state index in [1.165, 1.54) is 11.8 Å². The van der Waals surface area contributed by atoms with E-state index >= 15 is 0 Å². The van der Waals surface area contributed by atoms with Gasteiger partial charge >= 0.3 is 0 Å². The number of amides is 1. The number of ether oxygens (including phenoxy) is 1. The van der Waals surface area contributed by atoms with E-state index in [4.69, 9.17) is 4.74 Å². The Morgan fingerprint density at radius 2 is 1.76 bits per heavy atom. The first-order valence-electron chi connectivity index (χ1n) is 10.7. The molecule has 0 saturated heterocycles. The van der Waals surface area contributed by atoms with Crippen LogP contribution in [0, 0.1) is 6.92 Å². The van der Waals surface area contributed by atoms with Crippen molar-refractivity contribution in [1.82, 2.24) is 15.0 Å². The van der Waals surface area contributed by atoms with E-state index in [2.05, 4.69) is 15.5 Å². The van der Waals surface area contributed by atoms with Crippen LogP contribution in [0.25, 0.3) is 16.6 Å². The van der Waals surface area contributed by atoms with Crippen molar-refractivity contribution in [1.29, 1.82) is 0 Å². The van der Waals surface area contributed by atoms with Crippen LogP contribution in [0.5, 0.6) is 5.75 Å². The molecule has 4 aromatic rings. The Morgan fingerprint density at radius 3 is 2.50 bits per heavy atom. The molecule has 1 heterocycles. The standard InChI is InChI=1S/C26H24N4O3S/c1-17-8-4-7-11-23(17)30-25(32)21-9-5-6-10-22(21)27-26(30)34-16-24(31)29-28-18(2)19-12-14-20(33-3)15-13-19/h4-15H,16H2,1-3H3,(H,29,31)/b28-18-. The lowest BCUT2D eigenvalue weighted by Crippen LogP contribution is -2.25. The molecule has 7 nitrogen and oxygen atoms in total. The molecule has 0 atom stereocenters. The fraction of sp³-hybridized carbons (Fsp3) is 0.154. The maximum Gasteiger partial charge on any atom is 0.266 e. The van der Waals surface area contributed by atoms with Crippen molar-refractivity contribution in [2.75, 3.05) is 12.9 Å². The molecule has 1 aromatic heterocycles. The van der Waals surface area contributed by atoms with Crippen molar-refractivity contribution in [2.45, 2.75) is 19.0 Å². The number of fused-ring (bicyclic) bond motifs is 1. The van der Waals surface area contributed by atoms with Crippen LogP contribution in [0.3, 0.4) is 0 Å². The molecule has 0 aliphatic heterocycles. The number of aromatic nitrogens is 2. The lowest BCUT2D eigenvalue weighted by molar-refractivity contribution is -0.118. The number of carbonyl (C=O) groups excluding carboxylic acids is 1. The topological polar surface area (TPSA) is 85.6 Å². The van der Waals surface area contributed by atoms with Crippen molar-refractivity contribution in [3.63, 3.8) is 0 Å². The minimum Gasteiger partial charge on any atom is -0.497 e. The van der Waals surface area contributed by atoms with Crippen molar-refractivity contribution in [2.24, 2.45) is 5.10 Å². The summed E-state index contributed by atoms with van der Waals surface area (Å²) in [5, 5.41) is 5.17. The fourth-order valence-electron chi connectivity index (χ4n) is 3.44. The van der Waals surface area contributed by atoms with E-state index in [1.54, 1.807) is 23.8 Å². The summed E-state index contributed by atoms with van der Waals surface area (Å²) < 4.78 is 6.73. The average molecular weight is 473 g/mol. The van der Waals surface area contributed by atoms with Gasteiger partial charge in [0.1, 0.15) is 5.75 Å². The van der Waals surface area contributed by atoms with Crippen LogP contribution in [0.15, 0.2) is 87.8 Å². The van der Waals surface area contributed by atoms with Gasteiger partial charge in [-0.2, -0.15) is 5.10 Å². The number of hydrazone groups is 1. The molecule has 0 aliphatic carbocycles. The maximum atomic E-state index is 13.3. The number of aryl methyl sites for hydroxylation is 1. The second-order valence-corrected chi connectivity index (χ2v) is 8.53. The van der Waals surface area contributed by atoms with Crippen molar-refractivity contribution >= 4 is 34.3 Å². The van der Waals surface area contributed by atoms with Gasteiger partial charge in [0.25, 0.3) is 11.5 Å². The van der Waals surface area contributed by atoms with Gasteiger partial charge in [0.2, 0.25) is 0 Å². The number of nitrogens with zero attached hydrogens (tertiary/aromatic N) is 3. The van der Waals surface area contributed by atoms with Gasteiger partial charge in [-0.05, 0) is 67.4 Å². The van der Waals surface area contributed by atoms with Gasteiger partial charge in [0.05, 0.1) is 35.2 Å². The zero-order valence-corrected chi connectivity index (χ0v) is 19.9. The minimum atomic E-state index is -0.295. The molecule has 172 valence electrons. The average Bonchev–Trinajstić information content (AvgIpc) is 2.87.